The molecule has 2 N–H and O–H groups in total. The van der Waals surface area contributed by atoms with E-state index in [1.165, 1.54) is 0 Å². The number of rotatable bonds is 6. The summed E-state index contributed by atoms with van der Waals surface area (Å²) in [4.78, 5) is 26.5. The molecule has 31 heavy (non-hydrogen) atoms. The first-order valence-corrected chi connectivity index (χ1v) is 10.5. The van der Waals surface area contributed by atoms with Gasteiger partial charge in [0, 0.05) is 24.7 Å². The van der Waals surface area contributed by atoms with Crippen LogP contribution in [-0.4, -0.2) is 32.3 Å². The quantitative estimate of drug-likeness (QED) is 0.549. The van der Waals surface area contributed by atoms with Crippen molar-refractivity contribution in [2.45, 2.75) is 46.1 Å². The van der Waals surface area contributed by atoms with E-state index in [1.807, 2.05) is 36.9 Å². The fourth-order valence-electron chi connectivity index (χ4n) is 4.18. The molecule has 2 aromatic rings. The molecule has 1 aliphatic rings. The van der Waals surface area contributed by atoms with Crippen LogP contribution in [0.25, 0.3) is 0 Å². The molecule has 7 nitrogen and oxygen atoms in total. The molecule has 1 aliphatic heterocycles. The van der Waals surface area contributed by atoms with Crippen LogP contribution in [0.2, 0.25) is 0 Å². The fraction of sp³-hybridized carbons (Fsp3) is 0.417. The summed E-state index contributed by atoms with van der Waals surface area (Å²) in [5.41, 5.74) is 11.1. The van der Waals surface area contributed by atoms with Crippen LogP contribution in [0.5, 0.6) is 11.5 Å². The van der Waals surface area contributed by atoms with E-state index >= 15 is 0 Å². The summed E-state index contributed by atoms with van der Waals surface area (Å²) in [5.74, 6) is 1.18. The summed E-state index contributed by atoms with van der Waals surface area (Å²) in [5, 5.41) is 0. The molecule has 0 bridgehead atoms. The highest BCUT2D eigenvalue weighted by Gasteiger charge is 2.26. The topological polar surface area (TPSA) is 91.1 Å². The standard InChI is InChI=1S/C24H30N2O5/c1-5-30-24(28)31-19-11-15(2)23(16(3)12-19)20(25)14-22(27)26-10-6-7-17-13-18(29-4)8-9-21(17)26/h8-9,11-13,20H,5-7,10,14,25H2,1-4H3. The van der Waals surface area contributed by atoms with E-state index in [0.29, 0.717) is 12.3 Å². The minimum Gasteiger partial charge on any atom is -0.497 e. The van der Waals surface area contributed by atoms with Crippen LogP contribution in [0.15, 0.2) is 30.3 Å². The lowest BCUT2D eigenvalue weighted by Crippen LogP contribution is -2.37. The van der Waals surface area contributed by atoms with Crippen molar-refractivity contribution in [1.29, 1.82) is 0 Å². The number of ether oxygens (including phenoxy) is 3. The molecule has 0 aromatic heterocycles. The number of anilines is 1. The third kappa shape index (κ3) is 5.17. The highest BCUT2D eigenvalue weighted by molar-refractivity contribution is 5.95. The molecule has 0 fully saturated rings. The number of fused-ring (bicyclic) bond motifs is 1. The van der Waals surface area contributed by atoms with Gasteiger partial charge in [0.15, 0.2) is 0 Å². The fourth-order valence-corrected chi connectivity index (χ4v) is 4.18. The molecular formula is C24H30N2O5. The van der Waals surface area contributed by atoms with Crippen molar-refractivity contribution in [2.75, 3.05) is 25.2 Å². The second-order valence-electron chi connectivity index (χ2n) is 7.71. The maximum absolute atomic E-state index is 13.1. The summed E-state index contributed by atoms with van der Waals surface area (Å²) in [6.45, 7) is 6.43. The van der Waals surface area contributed by atoms with E-state index in [4.69, 9.17) is 19.9 Å². The number of nitrogens with zero attached hydrogens (tertiary/aromatic N) is 1. The van der Waals surface area contributed by atoms with E-state index in [9.17, 15) is 9.59 Å². The third-order valence-corrected chi connectivity index (χ3v) is 5.50. The predicted molar refractivity (Wildman–Crippen MR) is 119 cm³/mol. The highest BCUT2D eigenvalue weighted by Crippen LogP contribution is 2.33. The molecule has 0 saturated carbocycles. The summed E-state index contributed by atoms with van der Waals surface area (Å²) < 4.78 is 15.3. The van der Waals surface area contributed by atoms with E-state index in [2.05, 4.69) is 0 Å². The lowest BCUT2D eigenvalue weighted by atomic mass is 9.93. The molecule has 2 aromatic carbocycles. The number of aryl methyl sites for hydroxylation is 3. The van der Waals surface area contributed by atoms with Gasteiger partial charge in [0.2, 0.25) is 5.91 Å². The van der Waals surface area contributed by atoms with Gasteiger partial charge in [0.05, 0.1) is 13.7 Å². The number of nitrogens with two attached hydrogens (primary N) is 1. The Kier molecular flexibility index (Phi) is 7.17. The van der Waals surface area contributed by atoms with E-state index < -0.39 is 12.2 Å². The van der Waals surface area contributed by atoms with Crippen molar-refractivity contribution in [3.05, 3.63) is 52.6 Å². The van der Waals surface area contributed by atoms with Gasteiger partial charge in [0.25, 0.3) is 0 Å². The molecule has 1 heterocycles. The SMILES string of the molecule is CCOC(=O)Oc1cc(C)c(C(N)CC(=O)N2CCCc3cc(OC)ccc32)c(C)c1. The van der Waals surface area contributed by atoms with Crippen LogP contribution in [0.1, 0.15) is 48.1 Å². The van der Waals surface area contributed by atoms with Crippen LogP contribution in [0.3, 0.4) is 0 Å². The van der Waals surface area contributed by atoms with E-state index in [0.717, 1.165) is 46.5 Å². The number of hydrogen-bond donors (Lipinski definition) is 1. The average molecular weight is 427 g/mol. The van der Waals surface area contributed by atoms with Crippen molar-refractivity contribution >= 4 is 17.7 Å². The minimum absolute atomic E-state index is 0.00994. The normalized spacial score (nSPS) is 13.9. The highest BCUT2D eigenvalue weighted by atomic mass is 16.7. The lowest BCUT2D eigenvalue weighted by Gasteiger charge is -2.31. The Morgan fingerprint density at radius 2 is 1.84 bits per heavy atom. The predicted octanol–water partition coefficient (Wildman–Crippen LogP) is 4.22. The first kappa shape index (κ1) is 22.6. The lowest BCUT2D eigenvalue weighted by molar-refractivity contribution is -0.119. The molecule has 0 spiro atoms. The zero-order valence-electron chi connectivity index (χ0n) is 18.6. The Bertz CT molecular complexity index is 949. The summed E-state index contributed by atoms with van der Waals surface area (Å²) in [7, 11) is 1.64. The Balaban J connectivity index is 1.75. The van der Waals surface area contributed by atoms with Gasteiger partial charge in [-0.15, -0.1) is 0 Å². The molecule has 3 rings (SSSR count). The van der Waals surface area contributed by atoms with Gasteiger partial charge in [-0.1, -0.05) is 0 Å². The van der Waals surface area contributed by atoms with Gasteiger partial charge in [-0.05, 0) is 86.2 Å². The maximum Gasteiger partial charge on any atom is 0.513 e. The third-order valence-electron chi connectivity index (χ3n) is 5.50. The van der Waals surface area contributed by atoms with Crippen molar-refractivity contribution in [3.63, 3.8) is 0 Å². The maximum atomic E-state index is 13.1. The van der Waals surface area contributed by atoms with E-state index in [-0.39, 0.29) is 18.9 Å². The second-order valence-corrected chi connectivity index (χ2v) is 7.71. The van der Waals surface area contributed by atoms with Crippen LogP contribution in [0, 0.1) is 13.8 Å². The van der Waals surface area contributed by atoms with Crippen LogP contribution in [-0.2, 0) is 16.0 Å². The van der Waals surface area contributed by atoms with Crippen molar-refractivity contribution in [2.24, 2.45) is 5.73 Å². The number of methoxy groups -OCH3 is 1. The molecular weight excluding hydrogens is 396 g/mol. The van der Waals surface area contributed by atoms with Gasteiger partial charge in [-0.2, -0.15) is 0 Å². The smallest absolute Gasteiger partial charge is 0.497 e. The molecule has 1 unspecified atom stereocenters. The number of carbonyl (C=O) groups excluding carboxylic acids is 2. The minimum atomic E-state index is -0.742. The molecule has 0 saturated heterocycles. The van der Waals surface area contributed by atoms with Gasteiger partial charge < -0.3 is 24.8 Å². The van der Waals surface area contributed by atoms with Crippen molar-refractivity contribution in [3.8, 4) is 11.5 Å². The summed E-state index contributed by atoms with van der Waals surface area (Å²) in [6.07, 6.45) is 1.27. The van der Waals surface area contributed by atoms with Crippen LogP contribution >= 0.6 is 0 Å². The Labute approximate surface area is 183 Å². The molecule has 7 heteroatoms. The molecule has 166 valence electrons. The van der Waals surface area contributed by atoms with Gasteiger partial charge >= 0.3 is 6.16 Å². The number of carbonyl (C=O) groups is 2. The zero-order chi connectivity index (χ0) is 22.5. The Hall–Kier alpha value is -3.06. The first-order chi connectivity index (χ1) is 14.8. The summed E-state index contributed by atoms with van der Waals surface area (Å²) in [6, 6.07) is 8.83. The van der Waals surface area contributed by atoms with Crippen LogP contribution < -0.4 is 20.1 Å². The molecule has 0 radical (unpaired) electrons. The van der Waals surface area contributed by atoms with Crippen molar-refractivity contribution < 1.29 is 23.8 Å². The Morgan fingerprint density at radius 3 is 2.48 bits per heavy atom. The molecule has 1 amide bonds. The number of benzene rings is 2. The number of amides is 1. The van der Waals surface area contributed by atoms with Gasteiger partial charge in [-0.3, -0.25) is 4.79 Å². The van der Waals surface area contributed by atoms with Crippen molar-refractivity contribution in [1.82, 2.24) is 0 Å². The molecule has 0 aliphatic carbocycles. The first-order valence-electron chi connectivity index (χ1n) is 10.5. The van der Waals surface area contributed by atoms with E-state index in [1.54, 1.807) is 26.2 Å². The monoisotopic (exact) mass is 426 g/mol. The zero-order valence-corrected chi connectivity index (χ0v) is 18.6. The van der Waals surface area contributed by atoms with Gasteiger partial charge in [0.1, 0.15) is 11.5 Å². The average Bonchev–Trinajstić information content (AvgIpc) is 2.72. The molecule has 1 atom stereocenters. The largest absolute Gasteiger partial charge is 0.513 e. The second kappa shape index (κ2) is 9.83. The van der Waals surface area contributed by atoms with Crippen LogP contribution in [0.4, 0.5) is 10.5 Å². The Morgan fingerprint density at radius 1 is 1.13 bits per heavy atom. The summed E-state index contributed by atoms with van der Waals surface area (Å²) >= 11 is 0. The number of hydrogen-bond acceptors (Lipinski definition) is 6. The van der Waals surface area contributed by atoms with Gasteiger partial charge in [-0.25, -0.2) is 4.79 Å².